The zero-order valence-electron chi connectivity index (χ0n) is 18.3. The van der Waals surface area contributed by atoms with Crippen LogP contribution in [0.1, 0.15) is 43.0 Å². The van der Waals surface area contributed by atoms with Gasteiger partial charge in [0.15, 0.2) is 12.4 Å². The van der Waals surface area contributed by atoms with Crippen molar-refractivity contribution in [2.24, 2.45) is 5.92 Å². The molecular formula is C25H28ClN3O3. The fourth-order valence-electron chi connectivity index (χ4n) is 3.52. The summed E-state index contributed by atoms with van der Waals surface area (Å²) in [4.78, 5) is 23.0. The Labute approximate surface area is 194 Å². The van der Waals surface area contributed by atoms with E-state index < -0.39 is 4.92 Å². The Hall–Kier alpha value is -3.25. The molecule has 0 bridgehead atoms. The average molecular weight is 454 g/mol. The molecule has 0 radical (unpaired) electrons. The molecule has 168 valence electrons. The predicted molar refractivity (Wildman–Crippen MR) is 119 cm³/mol. The molecule has 3 aromatic rings. The fourth-order valence-corrected chi connectivity index (χ4v) is 3.52. The van der Waals surface area contributed by atoms with Crippen molar-refractivity contribution in [3.05, 3.63) is 106 Å². The summed E-state index contributed by atoms with van der Waals surface area (Å²) >= 11 is 0. The topological polar surface area (TPSA) is 76.1 Å². The number of nitro groups is 1. The van der Waals surface area contributed by atoms with E-state index in [9.17, 15) is 14.9 Å². The molecule has 0 fully saturated rings. The van der Waals surface area contributed by atoms with Crippen molar-refractivity contribution < 1.29 is 26.7 Å². The summed E-state index contributed by atoms with van der Waals surface area (Å²) in [7, 11) is 0. The highest BCUT2D eigenvalue weighted by Crippen LogP contribution is 2.21. The van der Waals surface area contributed by atoms with Gasteiger partial charge in [-0.1, -0.05) is 56.3 Å². The van der Waals surface area contributed by atoms with Gasteiger partial charge in [0.2, 0.25) is 6.54 Å². The van der Waals surface area contributed by atoms with Crippen molar-refractivity contribution in [1.29, 1.82) is 0 Å². The quantitative estimate of drug-likeness (QED) is 0.302. The van der Waals surface area contributed by atoms with Crippen LogP contribution in [0.3, 0.4) is 0 Å². The average Bonchev–Trinajstić information content (AvgIpc) is 2.75. The van der Waals surface area contributed by atoms with Crippen LogP contribution < -0.4 is 22.3 Å². The summed E-state index contributed by atoms with van der Waals surface area (Å²) < 4.78 is 1.85. The number of amides is 1. The number of hydrogen-bond donors (Lipinski definition) is 1. The van der Waals surface area contributed by atoms with Crippen molar-refractivity contribution in [3.63, 3.8) is 0 Å². The Balaban J connectivity index is 0.00000363. The van der Waals surface area contributed by atoms with Crippen LogP contribution in [0.25, 0.3) is 0 Å². The molecule has 1 unspecified atom stereocenters. The third-order valence-electron chi connectivity index (χ3n) is 5.09. The molecule has 7 heteroatoms. The smallest absolute Gasteiger partial charge is 0.286 e. The number of halogens is 1. The first-order valence-electron chi connectivity index (χ1n) is 10.5. The second kappa shape index (κ2) is 12.0. The van der Waals surface area contributed by atoms with Gasteiger partial charge in [0, 0.05) is 24.3 Å². The molecule has 0 spiro atoms. The normalized spacial score (nSPS) is 11.5. The number of nitro benzene ring substituents is 1. The first-order valence-corrected chi connectivity index (χ1v) is 10.5. The summed E-state index contributed by atoms with van der Waals surface area (Å²) in [6.07, 6.45) is 5.34. The Morgan fingerprint density at radius 2 is 1.56 bits per heavy atom. The second-order valence-electron chi connectivity index (χ2n) is 8.14. The Morgan fingerprint density at radius 1 is 0.969 bits per heavy atom. The van der Waals surface area contributed by atoms with Crippen LogP contribution in [0, 0.1) is 16.0 Å². The van der Waals surface area contributed by atoms with Gasteiger partial charge in [0.1, 0.15) is 0 Å². The molecule has 0 saturated carbocycles. The lowest BCUT2D eigenvalue weighted by molar-refractivity contribution is -0.684. The molecule has 0 saturated heterocycles. The number of aromatic nitrogens is 1. The summed E-state index contributed by atoms with van der Waals surface area (Å²) in [5.74, 6) is 0.444. The number of rotatable bonds is 9. The van der Waals surface area contributed by atoms with Gasteiger partial charge in [-0.25, -0.2) is 0 Å². The van der Waals surface area contributed by atoms with Crippen LogP contribution in [0.2, 0.25) is 0 Å². The lowest BCUT2D eigenvalue weighted by Crippen LogP contribution is -3.00. The molecule has 2 aromatic carbocycles. The first-order chi connectivity index (χ1) is 14.9. The minimum Gasteiger partial charge on any atom is -1.00 e. The lowest BCUT2D eigenvalue weighted by atomic mass is 9.97. The molecule has 32 heavy (non-hydrogen) atoms. The van der Waals surface area contributed by atoms with Crippen molar-refractivity contribution in [3.8, 4) is 0 Å². The van der Waals surface area contributed by atoms with Crippen LogP contribution in [-0.4, -0.2) is 10.8 Å². The lowest BCUT2D eigenvalue weighted by Gasteiger charge is -2.20. The number of pyridine rings is 1. The zero-order chi connectivity index (χ0) is 22.2. The van der Waals surface area contributed by atoms with E-state index in [-0.39, 0.29) is 36.6 Å². The summed E-state index contributed by atoms with van der Waals surface area (Å²) in [6.45, 7) is 4.56. The standard InChI is InChI=1S/C25H27N3O3.ClH/c1-19(2)16-24(22-6-4-3-5-7-22)26-25(29)18-27-14-12-21(13-15-27)17-20-8-10-23(11-9-20)28(30)31;/h3-15,19,24H,16-18H2,1-2H3;1H. The van der Waals surface area contributed by atoms with Gasteiger partial charge >= 0.3 is 0 Å². The Bertz CT molecular complexity index is 1010. The van der Waals surface area contributed by atoms with Crippen molar-refractivity contribution in [1.82, 2.24) is 5.32 Å². The van der Waals surface area contributed by atoms with Crippen molar-refractivity contribution >= 4 is 11.6 Å². The van der Waals surface area contributed by atoms with Crippen molar-refractivity contribution in [2.75, 3.05) is 0 Å². The SMILES string of the molecule is CC(C)CC(NC(=O)C[n+]1ccc(Cc2ccc([N+](=O)[O-])cc2)cc1)c1ccccc1.[Cl-]. The van der Waals surface area contributed by atoms with E-state index in [0.717, 1.165) is 23.1 Å². The molecule has 1 aromatic heterocycles. The van der Waals surface area contributed by atoms with Crippen LogP contribution in [0.15, 0.2) is 79.1 Å². The molecular weight excluding hydrogens is 426 g/mol. The maximum Gasteiger partial charge on any atom is 0.286 e. The number of benzene rings is 2. The molecule has 1 atom stereocenters. The number of hydrogen-bond acceptors (Lipinski definition) is 3. The minimum absolute atomic E-state index is 0. The third-order valence-corrected chi connectivity index (χ3v) is 5.09. The number of nitrogens with zero attached hydrogens (tertiary/aromatic N) is 2. The number of carbonyl (C=O) groups is 1. The Kier molecular flexibility index (Phi) is 9.35. The Morgan fingerprint density at radius 3 is 2.12 bits per heavy atom. The van der Waals surface area contributed by atoms with Gasteiger partial charge in [0.25, 0.3) is 11.6 Å². The van der Waals surface area contributed by atoms with E-state index in [1.807, 2.05) is 59.4 Å². The second-order valence-corrected chi connectivity index (χ2v) is 8.14. The van der Waals surface area contributed by atoms with Gasteiger partial charge in [-0.15, -0.1) is 0 Å². The molecule has 1 amide bonds. The maximum atomic E-state index is 12.7. The van der Waals surface area contributed by atoms with Gasteiger partial charge in [-0.05, 0) is 35.4 Å². The molecule has 0 aliphatic heterocycles. The highest BCUT2D eigenvalue weighted by molar-refractivity contribution is 5.74. The van der Waals surface area contributed by atoms with E-state index in [1.165, 1.54) is 12.1 Å². The van der Waals surface area contributed by atoms with Crippen LogP contribution in [0.4, 0.5) is 5.69 Å². The van der Waals surface area contributed by atoms with Gasteiger partial charge in [-0.2, -0.15) is 4.57 Å². The first kappa shape index (κ1) is 25.0. The predicted octanol–water partition coefficient (Wildman–Crippen LogP) is 1.38. The molecule has 0 aliphatic rings. The molecule has 1 heterocycles. The number of carbonyl (C=O) groups excluding carboxylic acids is 1. The van der Waals surface area contributed by atoms with E-state index in [1.54, 1.807) is 12.1 Å². The fraction of sp³-hybridized carbons (Fsp3) is 0.280. The van der Waals surface area contributed by atoms with E-state index in [2.05, 4.69) is 19.2 Å². The van der Waals surface area contributed by atoms with E-state index >= 15 is 0 Å². The molecule has 0 aliphatic carbocycles. The van der Waals surface area contributed by atoms with E-state index in [4.69, 9.17) is 0 Å². The number of non-ortho nitro benzene ring substituents is 1. The molecule has 6 nitrogen and oxygen atoms in total. The maximum absolute atomic E-state index is 12.7. The van der Waals surface area contributed by atoms with Gasteiger partial charge < -0.3 is 17.7 Å². The highest BCUT2D eigenvalue weighted by Gasteiger charge is 2.18. The summed E-state index contributed by atoms with van der Waals surface area (Å²) in [6, 6.07) is 20.6. The van der Waals surface area contributed by atoms with Crippen LogP contribution >= 0.6 is 0 Å². The van der Waals surface area contributed by atoms with E-state index in [0.29, 0.717) is 12.3 Å². The van der Waals surface area contributed by atoms with Gasteiger partial charge in [-0.3, -0.25) is 14.9 Å². The summed E-state index contributed by atoms with van der Waals surface area (Å²) in [5.41, 5.74) is 3.29. The van der Waals surface area contributed by atoms with Crippen molar-refractivity contribution in [2.45, 2.75) is 39.3 Å². The highest BCUT2D eigenvalue weighted by atomic mass is 35.5. The molecule has 3 rings (SSSR count). The summed E-state index contributed by atoms with van der Waals surface area (Å²) in [5, 5.41) is 13.9. The zero-order valence-corrected chi connectivity index (χ0v) is 19.0. The minimum atomic E-state index is -0.399. The van der Waals surface area contributed by atoms with Crippen LogP contribution in [0.5, 0.6) is 0 Å². The largest absolute Gasteiger partial charge is 1.00 e. The van der Waals surface area contributed by atoms with Crippen LogP contribution in [-0.2, 0) is 17.8 Å². The molecule has 1 N–H and O–H groups in total. The number of nitrogens with one attached hydrogen (secondary N) is 1. The third kappa shape index (κ3) is 7.46. The van der Waals surface area contributed by atoms with Gasteiger partial charge in [0.05, 0.1) is 11.0 Å². The monoisotopic (exact) mass is 453 g/mol.